The van der Waals surface area contributed by atoms with Crippen LogP contribution in [0.4, 0.5) is 5.69 Å². The number of rotatable bonds is 2. The molecule has 0 aliphatic carbocycles. The van der Waals surface area contributed by atoms with Crippen LogP contribution in [0.3, 0.4) is 0 Å². The molecule has 2 aromatic carbocycles. The van der Waals surface area contributed by atoms with Crippen molar-refractivity contribution in [2.45, 2.75) is 4.90 Å². The molecule has 0 bridgehead atoms. The maximum atomic E-state index is 12.5. The Morgan fingerprint density at radius 3 is 2.38 bits per heavy atom. The second kappa shape index (κ2) is 4.96. The second-order valence-corrected chi connectivity index (χ2v) is 6.20. The highest BCUT2D eigenvalue weighted by atomic mass is 32.2. The van der Waals surface area contributed by atoms with Gasteiger partial charge in [-0.3, -0.25) is 0 Å². The molecule has 1 aliphatic heterocycles. The van der Waals surface area contributed by atoms with E-state index in [4.69, 9.17) is 4.74 Å². The van der Waals surface area contributed by atoms with Crippen molar-refractivity contribution in [2.24, 2.45) is 0 Å². The number of sulfone groups is 1. The van der Waals surface area contributed by atoms with E-state index in [9.17, 15) is 13.7 Å². The summed E-state index contributed by atoms with van der Waals surface area (Å²) in [6.45, 7) is 0. The van der Waals surface area contributed by atoms with E-state index in [0.29, 0.717) is 11.4 Å². The fraction of sp³-hybridized carbons (Fsp3) is 0. The minimum Gasteiger partial charge on any atom is -0.437 e. The van der Waals surface area contributed by atoms with Crippen LogP contribution < -0.4 is 10.1 Å². The molecule has 0 unspecified atom stereocenters. The summed E-state index contributed by atoms with van der Waals surface area (Å²) in [4.78, 5) is -0.389. The van der Waals surface area contributed by atoms with Crippen molar-refractivity contribution in [3.05, 3.63) is 65.4 Å². The highest BCUT2D eigenvalue weighted by Gasteiger charge is 2.29. The second-order valence-electron chi connectivity index (χ2n) is 4.31. The quantitative estimate of drug-likeness (QED) is 0.862. The van der Waals surface area contributed by atoms with Crippen LogP contribution in [0.1, 0.15) is 0 Å². The molecule has 0 aromatic heterocycles. The molecule has 21 heavy (non-hydrogen) atoms. The van der Waals surface area contributed by atoms with Crippen molar-refractivity contribution < 1.29 is 13.2 Å². The zero-order valence-corrected chi connectivity index (χ0v) is 11.6. The first-order valence-electron chi connectivity index (χ1n) is 6.11. The largest absolute Gasteiger partial charge is 0.437 e. The first-order valence-corrected chi connectivity index (χ1v) is 7.59. The molecule has 6 heteroatoms. The standard InChI is InChI=1S/C15H10N2O3S/c16-10-14(21(18,19)11-6-2-1-3-7-11)15-17-12-8-4-5-9-13(12)20-15/h1-9,17H. The number of anilines is 1. The molecule has 0 saturated heterocycles. The monoisotopic (exact) mass is 298 g/mol. The Kier molecular flexibility index (Phi) is 3.12. The van der Waals surface area contributed by atoms with E-state index in [0.717, 1.165) is 0 Å². The molecule has 5 nitrogen and oxygen atoms in total. The number of nitrogens with one attached hydrogen (secondary N) is 1. The zero-order chi connectivity index (χ0) is 14.9. The van der Waals surface area contributed by atoms with E-state index in [1.165, 1.54) is 12.1 Å². The average Bonchev–Trinajstić information content (AvgIpc) is 2.92. The van der Waals surface area contributed by atoms with E-state index in [-0.39, 0.29) is 10.8 Å². The first-order chi connectivity index (χ1) is 10.1. The van der Waals surface area contributed by atoms with Crippen molar-refractivity contribution in [2.75, 3.05) is 5.32 Å². The fourth-order valence-electron chi connectivity index (χ4n) is 1.97. The molecule has 0 saturated carbocycles. The maximum absolute atomic E-state index is 12.5. The summed E-state index contributed by atoms with van der Waals surface area (Å²) in [5, 5.41) is 12.1. The molecule has 0 radical (unpaired) electrons. The van der Waals surface area contributed by atoms with Gasteiger partial charge in [-0.25, -0.2) is 8.42 Å². The Bertz CT molecular complexity index is 838. The van der Waals surface area contributed by atoms with Gasteiger partial charge in [-0.05, 0) is 24.3 Å². The van der Waals surface area contributed by atoms with E-state index < -0.39 is 14.7 Å². The number of nitrogens with zero attached hydrogens (tertiary/aromatic N) is 1. The van der Waals surface area contributed by atoms with Crippen LogP contribution in [0.5, 0.6) is 5.75 Å². The highest BCUT2D eigenvalue weighted by Crippen LogP contribution is 2.35. The van der Waals surface area contributed by atoms with Crippen LogP contribution in [0.15, 0.2) is 70.3 Å². The van der Waals surface area contributed by atoms with Gasteiger partial charge in [-0.15, -0.1) is 0 Å². The van der Waals surface area contributed by atoms with Gasteiger partial charge >= 0.3 is 0 Å². The van der Waals surface area contributed by atoms with Gasteiger partial charge in [-0.2, -0.15) is 5.26 Å². The van der Waals surface area contributed by atoms with Gasteiger partial charge in [0.05, 0.1) is 10.6 Å². The van der Waals surface area contributed by atoms with E-state index in [2.05, 4.69) is 5.32 Å². The molecule has 3 rings (SSSR count). The SMILES string of the molecule is N#CC(=C1Nc2ccccc2O1)S(=O)(=O)c1ccccc1. The van der Waals surface area contributed by atoms with Crippen LogP contribution >= 0.6 is 0 Å². The molecule has 104 valence electrons. The van der Waals surface area contributed by atoms with Crippen LogP contribution in [0.25, 0.3) is 0 Å². The lowest BCUT2D eigenvalue weighted by Gasteiger charge is -2.05. The lowest BCUT2D eigenvalue weighted by atomic mass is 10.3. The Hall–Kier alpha value is -2.78. The molecular weight excluding hydrogens is 288 g/mol. The van der Waals surface area contributed by atoms with Crippen molar-refractivity contribution >= 4 is 15.5 Å². The van der Waals surface area contributed by atoms with E-state index in [1.54, 1.807) is 48.5 Å². The van der Waals surface area contributed by atoms with Crippen molar-refractivity contribution in [1.29, 1.82) is 5.26 Å². The third-order valence-corrected chi connectivity index (χ3v) is 4.68. The predicted molar refractivity (Wildman–Crippen MR) is 77.0 cm³/mol. The Labute approximate surface area is 122 Å². The molecule has 2 aromatic rings. The summed E-state index contributed by atoms with van der Waals surface area (Å²) in [7, 11) is -3.92. The van der Waals surface area contributed by atoms with Gasteiger partial charge in [0.25, 0.3) is 0 Å². The minimum atomic E-state index is -3.92. The Morgan fingerprint density at radius 2 is 1.71 bits per heavy atom. The summed E-state index contributed by atoms with van der Waals surface area (Å²) >= 11 is 0. The molecule has 0 amide bonds. The first kappa shape index (κ1) is 13.2. The fourth-order valence-corrected chi connectivity index (χ4v) is 3.18. The van der Waals surface area contributed by atoms with Gasteiger partial charge in [0.2, 0.25) is 20.6 Å². The maximum Gasteiger partial charge on any atom is 0.228 e. The van der Waals surface area contributed by atoms with Crippen molar-refractivity contribution in [3.8, 4) is 11.8 Å². The number of benzene rings is 2. The molecule has 1 aliphatic rings. The molecule has 0 atom stereocenters. The lowest BCUT2D eigenvalue weighted by molar-refractivity contribution is 0.455. The summed E-state index contributed by atoms with van der Waals surface area (Å²) in [5.41, 5.74) is 0.628. The molecular formula is C15H10N2O3S. The third kappa shape index (κ3) is 2.24. The topological polar surface area (TPSA) is 79.2 Å². The van der Waals surface area contributed by atoms with Gasteiger partial charge in [0.15, 0.2) is 5.75 Å². The van der Waals surface area contributed by atoms with E-state index >= 15 is 0 Å². The summed E-state index contributed by atoms with van der Waals surface area (Å²) in [6, 6.07) is 16.5. The smallest absolute Gasteiger partial charge is 0.228 e. The minimum absolute atomic E-state index is 0.0513. The highest BCUT2D eigenvalue weighted by molar-refractivity contribution is 7.95. The molecule has 1 N–H and O–H groups in total. The predicted octanol–water partition coefficient (Wildman–Crippen LogP) is 2.66. The third-order valence-electron chi connectivity index (χ3n) is 2.98. The number of allylic oxidation sites excluding steroid dienone is 1. The molecule has 0 spiro atoms. The van der Waals surface area contributed by atoms with Gasteiger partial charge < -0.3 is 10.1 Å². The normalized spacial score (nSPS) is 15.4. The summed E-state index contributed by atoms with van der Waals surface area (Å²) in [5.74, 6) is 0.422. The van der Waals surface area contributed by atoms with Gasteiger partial charge in [0.1, 0.15) is 6.07 Å². The number of nitriles is 1. The van der Waals surface area contributed by atoms with Crippen LogP contribution in [0, 0.1) is 11.3 Å². The van der Waals surface area contributed by atoms with Crippen LogP contribution in [-0.4, -0.2) is 8.42 Å². The van der Waals surface area contributed by atoms with Gasteiger partial charge in [0, 0.05) is 0 Å². The number of ether oxygens (including phenoxy) is 1. The van der Waals surface area contributed by atoms with Crippen molar-refractivity contribution in [1.82, 2.24) is 0 Å². The van der Waals surface area contributed by atoms with Crippen LogP contribution in [0.2, 0.25) is 0 Å². The van der Waals surface area contributed by atoms with Gasteiger partial charge in [-0.1, -0.05) is 30.3 Å². The Morgan fingerprint density at radius 1 is 1.05 bits per heavy atom. The summed E-state index contributed by atoms with van der Waals surface area (Å²) in [6.07, 6.45) is 0. The molecule has 0 fully saturated rings. The average molecular weight is 298 g/mol. The van der Waals surface area contributed by atoms with E-state index in [1.807, 2.05) is 0 Å². The number of para-hydroxylation sites is 2. The van der Waals surface area contributed by atoms with Crippen LogP contribution in [-0.2, 0) is 9.84 Å². The number of hydrogen-bond acceptors (Lipinski definition) is 5. The molecule has 1 heterocycles. The summed E-state index contributed by atoms with van der Waals surface area (Å²) < 4.78 is 30.4. The Balaban J connectivity index is 2.09. The van der Waals surface area contributed by atoms with Crippen molar-refractivity contribution in [3.63, 3.8) is 0 Å². The number of fused-ring (bicyclic) bond motifs is 1. The lowest BCUT2D eigenvalue weighted by Crippen LogP contribution is -2.11. The number of hydrogen-bond donors (Lipinski definition) is 1. The zero-order valence-electron chi connectivity index (χ0n) is 10.8.